The van der Waals surface area contributed by atoms with Crippen LogP contribution in [0.3, 0.4) is 0 Å². The highest BCUT2D eigenvalue weighted by molar-refractivity contribution is 5.83. The first-order valence-electron chi connectivity index (χ1n) is 23.8. The Morgan fingerprint density at radius 2 is 1.47 bits per heavy atom. The van der Waals surface area contributed by atoms with E-state index in [9.17, 15) is 39.9 Å². The maximum atomic E-state index is 14.1. The molecule has 0 saturated carbocycles. The fourth-order valence-corrected chi connectivity index (χ4v) is 9.97. The standard InChI is InChI=1S/C37H67NO13.C13H18O2/c1-14-25-37(10,45)30(41)20(4)27(39)18(2)16-35(8,44)32(51-34-28(40)24(38(11)12)15-19(3)47-34)21(5)29(22(6)33(43)49-25)50-26-17-36(9,46-13)31(42)23(7)48-26;1-9(2)8-11-4-6-12(7-5-11)10(3)13(14)15/h18-26,28-32,34,40-42,44-45H,14-17H2,1-13H3;4-7,9-10H,8H2,1-3H3,(H,14,15)/t18-,19-,20+,21+,22-,23+,24+,25-,26+,28-,29+,30-,31+,32-,34+,35-,36-,37-;/m1./s1. The van der Waals surface area contributed by atoms with Crippen LogP contribution in [0.1, 0.15) is 133 Å². The van der Waals surface area contributed by atoms with Gasteiger partial charge in [0.25, 0.3) is 0 Å². The van der Waals surface area contributed by atoms with E-state index < -0.39 is 119 Å². The Morgan fingerprint density at radius 3 is 1.98 bits per heavy atom. The monoisotopic (exact) mass is 940 g/mol. The molecule has 0 aromatic heterocycles. The average molecular weight is 940 g/mol. The topological polar surface area (TPSA) is 231 Å². The molecule has 19 atom stereocenters. The smallest absolute Gasteiger partial charge is 0.311 e. The zero-order valence-electron chi connectivity index (χ0n) is 42.5. The summed E-state index contributed by atoms with van der Waals surface area (Å²) >= 11 is 0. The van der Waals surface area contributed by atoms with E-state index in [0.29, 0.717) is 12.3 Å². The van der Waals surface area contributed by atoms with Crippen molar-refractivity contribution in [1.29, 1.82) is 0 Å². The number of ether oxygens (including phenoxy) is 6. The zero-order chi connectivity index (χ0) is 50.4. The molecule has 0 spiro atoms. The van der Waals surface area contributed by atoms with Gasteiger partial charge < -0.3 is 64.0 Å². The van der Waals surface area contributed by atoms with Crippen LogP contribution in [0, 0.1) is 29.6 Å². The summed E-state index contributed by atoms with van der Waals surface area (Å²) in [5.74, 6) is -5.53. The van der Waals surface area contributed by atoms with Crippen LogP contribution in [-0.2, 0) is 49.2 Å². The summed E-state index contributed by atoms with van der Waals surface area (Å²) in [5, 5.41) is 66.5. The van der Waals surface area contributed by atoms with Crippen LogP contribution in [0.4, 0.5) is 0 Å². The number of benzene rings is 1. The third-order valence-corrected chi connectivity index (χ3v) is 14.3. The van der Waals surface area contributed by atoms with E-state index in [1.165, 1.54) is 33.4 Å². The molecule has 0 radical (unpaired) electrons. The molecule has 1 aromatic rings. The maximum Gasteiger partial charge on any atom is 0.311 e. The van der Waals surface area contributed by atoms with Gasteiger partial charge in [0.15, 0.2) is 12.6 Å². The molecular formula is C50H85NO15. The van der Waals surface area contributed by atoms with Gasteiger partial charge >= 0.3 is 11.9 Å². The second kappa shape index (κ2) is 23.8. The number of aliphatic hydroxyl groups excluding tert-OH is 3. The van der Waals surface area contributed by atoms with Crippen LogP contribution in [0.2, 0.25) is 0 Å². The van der Waals surface area contributed by atoms with Crippen LogP contribution in [0.25, 0.3) is 0 Å². The van der Waals surface area contributed by atoms with Gasteiger partial charge in [-0.25, -0.2) is 0 Å². The lowest BCUT2D eigenvalue weighted by atomic mass is 9.74. The SMILES string of the molecule is CC(C)Cc1ccc(C(C)C(=O)O)cc1.CC[C@H]1OC(=O)[C@H](C)[C@@H](O[C@H]2C[C@@](C)(OC)[C@@H](O)[C@H](C)O2)[C@H](C)[C@@H](O[C@@H]2O[C@H](C)C[C@H](N(C)C)[C@H]2O)[C@](C)(O)C[C@@H](C)C(=O)[C@H](C)[C@@H](O)[C@]1(C)O. The molecule has 380 valence electrons. The number of aliphatic carboxylic acids is 1. The number of carboxylic acid groups (broad SMARTS) is 1. The average Bonchev–Trinajstić information content (AvgIpc) is 3.24. The molecule has 16 heteroatoms. The summed E-state index contributed by atoms with van der Waals surface area (Å²) in [5.41, 5.74) is -2.70. The lowest BCUT2D eigenvalue weighted by Crippen LogP contribution is -2.61. The molecule has 0 bridgehead atoms. The Morgan fingerprint density at radius 1 is 0.879 bits per heavy atom. The van der Waals surface area contributed by atoms with E-state index >= 15 is 0 Å². The minimum atomic E-state index is -1.99. The number of methoxy groups -OCH3 is 1. The summed E-state index contributed by atoms with van der Waals surface area (Å²) < 4.78 is 37.1. The third-order valence-electron chi connectivity index (χ3n) is 14.3. The summed E-state index contributed by atoms with van der Waals surface area (Å²) in [7, 11) is 5.18. The second-order valence-corrected chi connectivity index (χ2v) is 20.9. The highest BCUT2D eigenvalue weighted by Crippen LogP contribution is 2.41. The van der Waals surface area contributed by atoms with Gasteiger partial charge in [-0.05, 0) is 105 Å². The molecule has 3 heterocycles. The Hall–Kier alpha value is -2.61. The number of likely N-dealkylation sites (N-methyl/N-ethyl adjacent to an activating group) is 1. The predicted molar refractivity (Wildman–Crippen MR) is 247 cm³/mol. The van der Waals surface area contributed by atoms with E-state index in [2.05, 4.69) is 13.8 Å². The summed E-state index contributed by atoms with van der Waals surface area (Å²) in [6.45, 7) is 22.4. The molecule has 16 nitrogen and oxygen atoms in total. The van der Waals surface area contributed by atoms with E-state index in [0.717, 1.165) is 12.0 Å². The van der Waals surface area contributed by atoms with E-state index in [1.54, 1.807) is 48.5 Å². The Kier molecular flexibility index (Phi) is 20.8. The van der Waals surface area contributed by atoms with Gasteiger partial charge in [0, 0.05) is 37.3 Å². The zero-order valence-corrected chi connectivity index (χ0v) is 42.5. The molecular weight excluding hydrogens is 855 g/mol. The Bertz CT molecular complexity index is 1700. The minimum Gasteiger partial charge on any atom is -0.481 e. The number of carboxylic acids is 1. The molecule has 3 aliphatic rings. The number of rotatable bonds is 11. The normalized spacial score (nSPS) is 41.3. The Labute approximate surface area is 393 Å². The fourth-order valence-electron chi connectivity index (χ4n) is 9.97. The van der Waals surface area contributed by atoms with Gasteiger partial charge in [-0.15, -0.1) is 0 Å². The predicted octanol–water partition coefficient (Wildman–Crippen LogP) is 4.86. The van der Waals surface area contributed by atoms with E-state index in [-0.39, 0.29) is 31.4 Å². The molecule has 3 aliphatic heterocycles. The van der Waals surface area contributed by atoms with E-state index in [4.69, 9.17) is 33.5 Å². The number of cyclic esters (lactones) is 1. The van der Waals surface area contributed by atoms with Crippen LogP contribution in [0.5, 0.6) is 0 Å². The Balaban J connectivity index is 0.000000651. The minimum absolute atomic E-state index is 0.0936. The fraction of sp³-hybridized carbons (Fsp3) is 0.820. The van der Waals surface area contributed by atoms with Gasteiger partial charge in [0.2, 0.25) is 0 Å². The first-order valence-corrected chi connectivity index (χ1v) is 23.8. The van der Waals surface area contributed by atoms with Crippen molar-refractivity contribution in [3.63, 3.8) is 0 Å². The molecule has 1 unspecified atom stereocenters. The number of hydrogen-bond donors (Lipinski definition) is 6. The molecule has 3 saturated heterocycles. The van der Waals surface area contributed by atoms with Crippen LogP contribution in [-0.4, -0.2) is 159 Å². The number of nitrogens with zero attached hydrogens (tertiary/aromatic N) is 1. The third kappa shape index (κ3) is 14.0. The highest BCUT2D eigenvalue weighted by Gasteiger charge is 2.53. The number of ketones is 1. The van der Waals surface area contributed by atoms with Crippen molar-refractivity contribution in [3.8, 4) is 0 Å². The second-order valence-electron chi connectivity index (χ2n) is 20.9. The molecule has 66 heavy (non-hydrogen) atoms. The number of carbonyl (C=O) groups is 3. The first-order chi connectivity index (χ1) is 30.4. The van der Waals surface area contributed by atoms with Gasteiger partial charge in [-0.3, -0.25) is 14.4 Å². The number of aliphatic hydroxyl groups is 5. The van der Waals surface area contributed by atoms with Crippen molar-refractivity contribution in [2.75, 3.05) is 21.2 Å². The van der Waals surface area contributed by atoms with Crippen molar-refractivity contribution < 1.29 is 73.4 Å². The van der Waals surface area contributed by atoms with Crippen molar-refractivity contribution >= 4 is 17.7 Å². The van der Waals surface area contributed by atoms with Gasteiger partial charge in [-0.2, -0.15) is 0 Å². The van der Waals surface area contributed by atoms with Crippen molar-refractivity contribution in [1.82, 2.24) is 4.90 Å². The number of hydrogen-bond acceptors (Lipinski definition) is 15. The molecule has 4 rings (SSSR count). The first kappa shape index (κ1) is 57.7. The number of Topliss-reactive ketones (excluding diaryl/α,β-unsaturated/α-hetero) is 1. The molecule has 0 aliphatic carbocycles. The van der Waals surface area contributed by atoms with Crippen LogP contribution < -0.4 is 0 Å². The maximum absolute atomic E-state index is 14.1. The molecule has 0 amide bonds. The van der Waals surface area contributed by atoms with Crippen molar-refractivity contribution in [2.45, 2.75) is 212 Å². The summed E-state index contributed by atoms with van der Waals surface area (Å²) in [6.07, 6.45) is -8.66. The van der Waals surface area contributed by atoms with E-state index in [1.807, 2.05) is 50.2 Å². The van der Waals surface area contributed by atoms with Crippen LogP contribution >= 0.6 is 0 Å². The highest BCUT2D eigenvalue weighted by atomic mass is 16.7. The lowest BCUT2D eigenvalue weighted by molar-refractivity contribution is -0.318. The lowest BCUT2D eigenvalue weighted by Gasteiger charge is -2.49. The molecule has 1 aromatic carbocycles. The molecule has 3 fully saturated rings. The largest absolute Gasteiger partial charge is 0.481 e. The van der Waals surface area contributed by atoms with Crippen molar-refractivity contribution in [2.24, 2.45) is 29.6 Å². The van der Waals surface area contributed by atoms with Crippen LogP contribution in [0.15, 0.2) is 24.3 Å². The van der Waals surface area contributed by atoms with Crippen molar-refractivity contribution in [3.05, 3.63) is 35.4 Å². The summed E-state index contributed by atoms with van der Waals surface area (Å²) in [6, 6.07) is 7.55. The molecule has 6 N–H and O–H groups in total. The number of esters is 1. The summed E-state index contributed by atoms with van der Waals surface area (Å²) in [4.78, 5) is 40.5. The van der Waals surface area contributed by atoms with Gasteiger partial charge in [0.05, 0.1) is 53.6 Å². The number of carbonyl (C=O) groups excluding carboxylic acids is 2. The quantitative estimate of drug-likeness (QED) is 0.163. The van der Waals surface area contributed by atoms with Gasteiger partial charge in [0.1, 0.15) is 29.7 Å². The van der Waals surface area contributed by atoms with Gasteiger partial charge in [-0.1, -0.05) is 65.8 Å².